The van der Waals surface area contributed by atoms with Gasteiger partial charge >= 0.3 is 0 Å². The number of rotatable bonds is 2. The lowest BCUT2D eigenvalue weighted by Gasteiger charge is -2.24. The quantitative estimate of drug-likeness (QED) is 0.600. The van der Waals surface area contributed by atoms with Crippen molar-refractivity contribution in [2.45, 2.75) is 6.42 Å². The lowest BCUT2D eigenvalue weighted by Crippen LogP contribution is -2.30. The highest BCUT2D eigenvalue weighted by atomic mass is 16.5. The van der Waals surface area contributed by atoms with E-state index in [0.717, 1.165) is 25.5 Å². The molecule has 0 aromatic carbocycles. The summed E-state index contributed by atoms with van der Waals surface area (Å²) in [5.41, 5.74) is 0. The Morgan fingerprint density at radius 3 is 3.00 bits per heavy atom. The highest BCUT2D eigenvalue weighted by Crippen LogP contribution is 2.14. The minimum absolute atomic E-state index is 0.665. The van der Waals surface area contributed by atoms with Crippen LogP contribution in [-0.2, 0) is 18.2 Å². The number of ether oxygens (including phenoxy) is 1. The topological polar surface area (TPSA) is 39.9 Å². The van der Waals surface area contributed by atoms with E-state index in [-0.39, 0.29) is 0 Å². The van der Waals surface area contributed by atoms with Gasteiger partial charge in [0.05, 0.1) is 13.2 Å². The van der Waals surface area contributed by atoms with E-state index in [1.54, 1.807) is 6.33 Å². The van der Waals surface area contributed by atoms with Crippen LogP contribution < -0.4 is 0 Å². The van der Waals surface area contributed by atoms with Gasteiger partial charge in [0.25, 0.3) is 0 Å². The Kier molecular flexibility index (Phi) is 1.62. The Morgan fingerprint density at radius 1 is 1.73 bits per heavy atom. The van der Waals surface area contributed by atoms with Crippen molar-refractivity contribution < 1.29 is 4.74 Å². The van der Waals surface area contributed by atoms with Crippen molar-refractivity contribution >= 4 is 0 Å². The van der Waals surface area contributed by atoms with Crippen LogP contribution in [0.4, 0.5) is 0 Å². The third-order valence-corrected chi connectivity index (χ3v) is 1.98. The first kappa shape index (κ1) is 6.79. The van der Waals surface area contributed by atoms with E-state index in [1.165, 1.54) is 0 Å². The fraction of sp³-hybridized carbons (Fsp3) is 0.714. The second kappa shape index (κ2) is 2.62. The van der Waals surface area contributed by atoms with Gasteiger partial charge in [-0.15, -0.1) is 10.2 Å². The maximum atomic E-state index is 5.07. The van der Waals surface area contributed by atoms with Crippen molar-refractivity contribution in [3.05, 3.63) is 12.2 Å². The lowest BCUT2D eigenvalue weighted by atomic mass is 10.0. The van der Waals surface area contributed by atoms with E-state index < -0.39 is 0 Å². The van der Waals surface area contributed by atoms with Gasteiger partial charge in [-0.2, -0.15) is 0 Å². The van der Waals surface area contributed by atoms with Gasteiger partial charge in [-0.3, -0.25) is 0 Å². The Bertz CT molecular complexity index is 242. The first-order valence-corrected chi connectivity index (χ1v) is 3.77. The highest BCUT2D eigenvalue weighted by molar-refractivity contribution is 4.88. The summed E-state index contributed by atoms with van der Waals surface area (Å²) in [6.07, 6.45) is 2.73. The number of aryl methyl sites for hydroxylation is 1. The average Bonchev–Trinajstić information content (AvgIpc) is 2.27. The van der Waals surface area contributed by atoms with Gasteiger partial charge in [0.1, 0.15) is 12.2 Å². The Hall–Kier alpha value is -0.900. The zero-order valence-electron chi connectivity index (χ0n) is 6.53. The number of nitrogens with zero attached hydrogens (tertiary/aromatic N) is 3. The molecule has 1 fully saturated rings. The molecule has 1 aromatic heterocycles. The largest absolute Gasteiger partial charge is 0.381 e. The molecule has 4 heteroatoms. The van der Waals surface area contributed by atoms with Crippen LogP contribution in [0, 0.1) is 5.92 Å². The molecule has 1 aliphatic rings. The summed E-state index contributed by atoms with van der Waals surface area (Å²) in [5.74, 6) is 1.72. The number of hydrogen-bond acceptors (Lipinski definition) is 3. The van der Waals surface area contributed by atoms with Crippen molar-refractivity contribution in [3.8, 4) is 0 Å². The maximum absolute atomic E-state index is 5.07. The molecule has 0 aliphatic carbocycles. The van der Waals surface area contributed by atoms with Gasteiger partial charge in [-0.1, -0.05) is 0 Å². The van der Waals surface area contributed by atoms with Crippen LogP contribution in [0.25, 0.3) is 0 Å². The molecule has 2 rings (SSSR count). The minimum atomic E-state index is 0.665. The zero-order valence-corrected chi connectivity index (χ0v) is 6.53. The van der Waals surface area contributed by atoms with Crippen LogP contribution in [0.2, 0.25) is 0 Å². The predicted molar refractivity (Wildman–Crippen MR) is 39.0 cm³/mol. The molecule has 0 bridgehead atoms. The van der Waals surface area contributed by atoms with Gasteiger partial charge in [0.2, 0.25) is 0 Å². The van der Waals surface area contributed by atoms with Crippen LogP contribution in [-0.4, -0.2) is 28.0 Å². The summed E-state index contributed by atoms with van der Waals surface area (Å²) in [4.78, 5) is 0. The molecular weight excluding hydrogens is 142 g/mol. The summed E-state index contributed by atoms with van der Waals surface area (Å²) in [7, 11) is 1.97. The van der Waals surface area contributed by atoms with E-state index >= 15 is 0 Å². The Morgan fingerprint density at radius 2 is 2.55 bits per heavy atom. The first-order valence-electron chi connectivity index (χ1n) is 3.77. The molecule has 0 N–H and O–H groups in total. The van der Waals surface area contributed by atoms with E-state index in [9.17, 15) is 0 Å². The molecule has 0 atom stereocenters. The molecule has 0 spiro atoms. The van der Waals surface area contributed by atoms with E-state index in [2.05, 4.69) is 10.2 Å². The normalized spacial score (nSPS) is 18.3. The average molecular weight is 153 g/mol. The molecule has 11 heavy (non-hydrogen) atoms. The molecular formula is C7H11N3O. The van der Waals surface area contributed by atoms with Gasteiger partial charge in [0.15, 0.2) is 0 Å². The molecule has 1 aliphatic heterocycles. The fourth-order valence-corrected chi connectivity index (χ4v) is 1.15. The lowest BCUT2D eigenvalue weighted by molar-refractivity contribution is -0.0323. The molecule has 60 valence electrons. The van der Waals surface area contributed by atoms with Crippen molar-refractivity contribution in [1.82, 2.24) is 14.8 Å². The summed E-state index contributed by atoms with van der Waals surface area (Å²) in [6, 6.07) is 0. The molecule has 2 heterocycles. The summed E-state index contributed by atoms with van der Waals surface area (Å²) < 4.78 is 7.02. The molecule has 0 saturated carbocycles. The SMILES string of the molecule is Cn1cnnc1CC1COC1. The van der Waals surface area contributed by atoms with Gasteiger partial charge in [0, 0.05) is 19.4 Å². The van der Waals surface area contributed by atoms with Crippen LogP contribution in [0.5, 0.6) is 0 Å². The monoisotopic (exact) mass is 153 g/mol. The fourth-order valence-electron chi connectivity index (χ4n) is 1.15. The second-order valence-corrected chi connectivity index (χ2v) is 2.97. The van der Waals surface area contributed by atoms with E-state index in [1.807, 2.05) is 11.6 Å². The summed E-state index contributed by atoms with van der Waals surface area (Å²) in [5, 5.41) is 7.80. The summed E-state index contributed by atoms with van der Waals surface area (Å²) in [6.45, 7) is 1.76. The summed E-state index contributed by atoms with van der Waals surface area (Å²) >= 11 is 0. The molecule has 0 unspecified atom stereocenters. The van der Waals surface area contributed by atoms with Crippen molar-refractivity contribution in [1.29, 1.82) is 0 Å². The minimum Gasteiger partial charge on any atom is -0.381 e. The number of aromatic nitrogens is 3. The Balaban J connectivity index is 1.99. The van der Waals surface area contributed by atoms with Crippen LogP contribution in [0.1, 0.15) is 5.82 Å². The van der Waals surface area contributed by atoms with Crippen LogP contribution in [0.15, 0.2) is 6.33 Å². The molecule has 4 nitrogen and oxygen atoms in total. The first-order chi connectivity index (χ1) is 5.36. The third kappa shape index (κ3) is 1.26. The molecule has 1 saturated heterocycles. The predicted octanol–water partition coefficient (Wildman–Crippen LogP) is 0.00400. The van der Waals surface area contributed by atoms with Crippen molar-refractivity contribution in [2.75, 3.05) is 13.2 Å². The van der Waals surface area contributed by atoms with Crippen molar-refractivity contribution in [3.63, 3.8) is 0 Å². The molecule has 0 amide bonds. The van der Waals surface area contributed by atoms with Crippen molar-refractivity contribution in [2.24, 2.45) is 13.0 Å². The molecule has 1 aromatic rings. The Labute approximate surface area is 65.2 Å². The maximum Gasteiger partial charge on any atom is 0.132 e. The van der Waals surface area contributed by atoms with E-state index in [0.29, 0.717) is 5.92 Å². The van der Waals surface area contributed by atoms with Gasteiger partial charge < -0.3 is 9.30 Å². The highest BCUT2D eigenvalue weighted by Gasteiger charge is 2.20. The third-order valence-electron chi connectivity index (χ3n) is 1.98. The number of hydrogen-bond donors (Lipinski definition) is 0. The smallest absolute Gasteiger partial charge is 0.132 e. The van der Waals surface area contributed by atoms with Crippen LogP contribution >= 0.6 is 0 Å². The standard InChI is InChI=1S/C7H11N3O/c1-10-5-8-9-7(10)2-6-3-11-4-6/h5-6H,2-4H2,1H3. The van der Waals surface area contributed by atoms with E-state index in [4.69, 9.17) is 4.74 Å². The zero-order chi connectivity index (χ0) is 7.68. The molecule has 0 radical (unpaired) electrons. The van der Waals surface area contributed by atoms with Crippen LogP contribution in [0.3, 0.4) is 0 Å². The van der Waals surface area contributed by atoms with Gasteiger partial charge in [-0.05, 0) is 0 Å². The van der Waals surface area contributed by atoms with Gasteiger partial charge in [-0.25, -0.2) is 0 Å². The second-order valence-electron chi connectivity index (χ2n) is 2.97.